The average molecular weight is 483 g/mol. The maximum atomic E-state index is 13.5. The molecular weight excluding hydrogens is 456 g/mol. The number of hydrogen-bond acceptors (Lipinski definition) is 8. The third-order valence-electron chi connectivity index (χ3n) is 6.28. The summed E-state index contributed by atoms with van der Waals surface area (Å²) in [5.41, 5.74) is 1.12. The van der Waals surface area contributed by atoms with Gasteiger partial charge in [-0.1, -0.05) is 23.4 Å². The molecule has 10 nitrogen and oxygen atoms in total. The van der Waals surface area contributed by atoms with Crippen molar-refractivity contribution in [2.24, 2.45) is 0 Å². The second-order valence-electron chi connectivity index (χ2n) is 8.48. The van der Waals surface area contributed by atoms with E-state index in [0.29, 0.717) is 50.4 Å². The number of likely N-dealkylation sites (tertiary alicyclic amines) is 1. The summed E-state index contributed by atoms with van der Waals surface area (Å²) < 4.78 is 33.7. The third kappa shape index (κ3) is 4.28. The van der Waals surface area contributed by atoms with E-state index in [9.17, 15) is 13.2 Å². The number of piperazine rings is 1. The molecule has 2 aromatic heterocycles. The van der Waals surface area contributed by atoms with Crippen LogP contribution in [0.15, 0.2) is 52.0 Å². The Morgan fingerprint density at radius 1 is 1.00 bits per heavy atom. The van der Waals surface area contributed by atoms with E-state index in [-0.39, 0.29) is 22.5 Å². The summed E-state index contributed by atoms with van der Waals surface area (Å²) in [7, 11) is -3.73. The first kappa shape index (κ1) is 22.5. The number of aryl methyl sites for hydroxylation is 1. The Morgan fingerprint density at radius 2 is 1.76 bits per heavy atom. The molecule has 2 aliphatic rings. The van der Waals surface area contributed by atoms with Crippen molar-refractivity contribution in [1.82, 2.24) is 24.3 Å². The zero-order valence-electron chi connectivity index (χ0n) is 18.9. The summed E-state index contributed by atoms with van der Waals surface area (Å²) in [5, 5.41) is 3.93. The lowest BCUT2D eigenvalue weighted by atomic mass is 10.1. The average Bonchev–Trinajstić information content (AvgIpc) is 3.57. The van der Waals surface area contributed by atoms with Crippen LogP contribution < -0.4 is 4.90 Å². The molecule has 0 saturated carbocycles. The molecule has 34 heavy (non-hydrogen) atoms. The van der Waals surface area contributed by atoms with Crippen LogP contribution in [0.3, 0.4) is 0 Å². The number of anilines is 1. The van der Waals surface area contributed by atoms with Gasteiger partial charge in [0.2, 0.25) is 15.8 Å². The van der Waals surface area contributed by atoms with Gasteiger partial charge in [0.15, 0.2) is 0 Å². The van der Waals surface area contributed by atoms with Crippen LogP contribution in [0.2, 0.25) is 0 Å². The van der Waals surface area contributed by atoms with Crippen molar-refractivity contribution in [2.45, 2.75) is 24.7 Å². The fraction of sp³-hybridized carbons (Fsp3) is 0.391. The van der Waals surface area contributed by atoms with E-state index in [4.69, 9.17) is 4.52 Å². The zero-order chi connectivity index (χ0) is 23.7. The monoisotopic (exact) mass is 482 g/mol. The largest absolute Gasteiger partial charge is 0.354 e. The number of carbonyl (C=O) groups excluding carboxylic acids is 1. The highest BCUT2D eigenvalue weighted by Gasteiger charge is 2.31. The molecular formula is C23H26N6O4S. The Labute approximate surface area is 198 Å². The lowest BCUT2D eigenvalue weighted by molar-refractivity contribution is 0.0743. The van der Waals surface area contributed by atoms with E-state index in [0.717, 1.165) is 18.7 Å². The van der Waals surface area contributed by atoms with Crippen molar-refractivity contribution in [3.05, 3.63) is 54.0 Å². The highest BCUT2D eigenvalue weighted by Crippen LogP contribution is 2.27. The fourth-order valence-electron chi connectivity index (χ4n) is 4.34. The molecule has 0 aliphatic carbocycles. The van der Waals surface area contributed by atoms with E-state index in [1.54, 1.807) is 36.2 Å². The Hall–Kier alpha value is -3.31. The molecule has 2 fully saturated rings. The lowest BCUT2D eigenvalue weighted by Gasteiger charge is -2.34. The predicted molar refractivity (Wildman–Crippen MR) is 125 cm³/mol. The number of amides is 1. The minimum Gasteiger partial charge on any atom is -0.354 e. The molecule has 2 saturated heterocycles. The van der Waals surface area contributed by atoms with Gasteiger partial charge in [-0.15, -0.1) is 0 Å². The van der Waals surface area contributed by atoms with Gasteiger partial charge in [0.25, 0.3) is 0 Å². The second kappa shape index (κ2) is 9.15. The van der Waals surface area contributed by atoms with Crippen LogP contribution >= 0.6 is 0 Å². The van der Waals surface area contributed by atoms with Gasteiger partial charge in [-0.05, 0) is 43.5 Å². The standard InChI is InChI=1S/C23H26N6O4S/c1-17-7-8-18(21-25-22(33-26-21)23(30)28-10-4-5-11-28)16-19(17)34(31,32)29-14-12-27(13-15-29)20-6-2-3-9-24-20/h2-3,6-9,16H,4-5,10-15H2,1H3. The smallest absolute Gasteiger partial charge is 0.316 e. The summed E-state index contributed by atoms with van der Waals surface area (Å²) in [6.45, 7) is 4.95. The van der Waals surface area contributed by atoms with Crippen molar-refractivity contribution in [1.29, 1.82) is 0 Å². The maximum absolute atomic E-state index is 13.5. The molecule has 0 bridgehead atoms. The Balaban J connectivity index is 1.35. The fourth-order valence-corrected chi connectivity index (χ4v) is 6.01. The third-order valence-corrected chi connectivity index (χ3v) is 8.32. The molecule has 4 heterocycles. The Morgan fingerprint density at radius 3 is 2.47 bits per heavy atom. The number of hydrogen-bond donors (Lipinski definition) is 0. The highest BCUT2D eigenvalue weighted by atomic mass is 32.2. The van der Waals surface area contributed by atoms with E-state index >= 15 is 0 Å². The summed E-state index contributed by atoms with van der Waals surface area (Å²) in [6.07, 6.45) is 3.65. The predicted octanol–water partition coefficient (Wildman–Crippen LogP) is 2.19. The molecule has 0 N–H and O–H groups in total. The number of carbonyl (C=O) groups is 1. The van der Waals surface area contributed by atoms with Crippen LogP contribution in [0.1, 0.15) is 29.1 Å². The molecule has 0 radical (unpaired) electrons. The SMILES string of the molecule is Cc1ccc(-c2noc(C(=O)N3CCCC3)n2)cc1S(=O)(=O)N1CCN(c2ccccn2)CC1. The van der Waals surface area contributed by atoms with E-state index in [1.165, 1.54) is 4.31 Å². The van der Waals surface area contributed by atoms with Crippen LogP contribution in [0.4, 0.5) is 5.82 Å². The summed E-state index contributed by atoms with van der Waals surface area (Å²) in [4.78, 5) is 25.1. The van der Waals surface area contributed by atoms with Gasteiger partial charge in [-0.3, -0.25) is 4.79 Å². The van der Waals surface area contributed by atoms with Crippen LogP contribution in [0.5, 0.6) is 0 Å². The minimum absolute atomic E-state index is 0.0764. The van der Waals surface area contributed by atoms with Crippen molar-refractivity contribution in [3.63, 3.8) is 0 Å². The Kier molecular flexibility index (Phi) is 6.05. The topological polar surface area (TPSA) is 113 Å². The highest BCUT2D eigenvalue weighted by molar-refractivity contribution is 7.89. The first-order valence-corrected chi connectivity index (χ1v) is 12.8. The minimum atomic E-state index is -3.73. The van der Waals surface area contributed by atoms with E-state index in [1.807, 2.05) is 18.2 Å². The van der Waals surface area contributed by atoms with Crippen LogP contribution in [0.25, 0.3) is 11.4 Å². The molecule has 2 aliphatic heterocycles. The number of nitrogens with zero attached hydrogens (tertiary/aromatic N) is 6. The van der Waals surface area contributed by atoms with Gasteiger partial charge in [-0.2, -0.15) is 9.29 Å². The quantitative estimate of drug-likeness (QED) is 0.544. The molecule has 11 heteroatoms. The van der Waals surface area contributed by atoms with Crippen molar-refractivity contribution >= 4 is 21.7 Å². The van der Waals surface area contributed by atoms with Gasteiger partial charge < -0.3 is 14.3 Å². The number of rotatable bonds is 5. The first-order chi connectivity index (χ1) is 16.4. The van der Waals surface area contributed by atoms with Crippen molar-refractivity contribution < 1.29 is 17.7 Å². The van der Waals surface area contributed by atoms with Gasteiger partial charge in [0, 0.05) is 51.0 Å². The Bertz CT molecular complexity index is 1280. The molecule has 0 spiro atoms. The lowest BCUT2D eigenvalue weighted by Crippen LogP contribution is -2.49. The molecule has 3 aromatic rings. The van der Waals surface area contributed by atoms with Crippen molar-refractivity contribution in [3.8, 4) is 11.4 Å². The van der Waals surface area contributed by atoms with Crippen LogP contribution in [0, 0.1) is 6.92 Å². The number of aromatic nitrogens is 3. The summed E-state index contributed by atoms with van der Waals surface area (Å²) in [5.74, 6) is 0.669. The van der Waals surface area contributed by atoms with Gasteiger partial charge in [0.05, 0.1) is 4.90 Å². The van der Waals surface area contributed by atoms with Crippen molar-refractivity contribution in [2.75, 3.05) is 44.2 Å². The first-order valence-electron chi connectivity index (χ1n) is 11.3. The number of sulfonamides is 1. The number of benzene rings is 1. The van der Waals surface area contributed by atoms with Crippen LogP contribution in [-0.4, -0.2) is 77.9 Å². The molecule has 0 atom stereocenters. The van der Waals surface area contributed by atoms with Gasteiger partial charge in [-0.25, -0.2) is 13.4 Å². The number of pyridine rings is 1. The summed E-state index contributed by atoms with van der Waals surface area (Å²) >= 11 is 0. The van der Waals surface area contributed by atoms with E-state index < -0.39 is 10.0 Å². The molecule has 1 aromatic carbocycles. The molecule has 1 amide bonds. The molecule has 5 rings (SSSR count). The molecule has 0 unspecified atom stereocenters. The molecule has 178 valence electrons. The zero-order valence-corrected chi connectivity index (χ0v) is 19.7. The van der Waals surface area contributed by atoms with E-state index in [2.05, 4.69) is 20.0 Å². The van der Waals surface area contributed by atoms with Crippen LogP contribution in [-0.2, 0) is 10.0 Å². The second-order valence-corrected chi connectivity index (χ2v) is 10.4. The summed E-state index contributed by atoms with van der Waals surface area (Å²) in [6, 6.07) is 10.7. The normalized spacial score (nSPS) is 17.3. The maximum Gasteiger partial charge on any atom is 0.316 e. The van der Waals surface area contributed by atoms with Gasteiger partial charge >= 0.3 is 11.8 Å². The van der Waals surface area contributed by atoms with Gasteiger partial charge in [0.1, 0.15) is 5.82 Å².